The predicted octanol–water partition coefficient (Wildman–Crippen LogP) is 2.30. The number of anilines is 1. The first kappa shape index (κ1) is 17.3. The molecule has 23 heavy (non-hydrogen) atoms. The van der Waals surface area contributed by atoms with Gasteiger partial charge in [-0.3, -0.25) is 8.99 Å². The number of aromatic nitrogens is 2. The van der Waals surface area contributed by atoms with E-state index < -0.39 is 16.0 Å². The maximum absolute atomic E-state index is 12.8. The van der Waals surface area contributed by atoms with Crippen LogP contribution in [0.3, 0.4) is 0 Å². The van der Waals surface area contributed by atoms with Gasteiger partial charge in [-0.25, -0.2) is 13.2 Å². The van der Waals surface area contributed by atoms with E-state index in [-0.39, 0.29) is 22.0 Å². The van der Waals surface area contributed by atoms with Crippen LogP contribution >= 0.6 is 11.6 Å². The van der Waals surface area contributed by atoms with Crippen LogP contribution in [-0.2, 0) is 17.1 Å². The van der Waals surface area contributed by atoms with Gasteiger partial charge < -0.3 is 5.11 Å². The van der Waals surface area contributed by atoms with E-state index in [0.717, 1.165) is 10.4 Å². The normalized spacial score (nSPS) is 11.5. The Labute approximate surface area is 139 Å². The number of aromatic carboxylic acids is 1. The highest BCUT2D eigenvalue weighted by Crippen LogP contribution is 2.28. The van der Waals surface area contributed by atoms with Crippen LogP contribution in [0.25, 0.3) is 0 Å². The van der Waals surface area contributed by atoms with Gasteiger partial charge in [-0.15, -0.1) is 0 Å². The van der Waals surface area contributed by atoms with Gasteiger partial charge in [0.2, 0.25) is 0 Å². The largest absolute Gasteiger partial charge is 0.478 e. The minimum atomic E-state index is -3.95. The topological polar surface area (TPSA) is 92.5 Å². The van der Waals surface area contributed by atoms with Crippen molar-refractivity contribution in [1.29, 1.82) is 0 Å². The van der Waals surface area contributed by atoms with Gasteiger partial charge in [0.25, 0.3) is 10.0 Å². The van der Waals surface area contributed by atoms with Crippen molar-refractivity contribution in [2.75, 3.05) is 10.8 Å². The lowest BCUT2D eigenvalue weighted by molar-refractivity contribution is 0.0696. The number of hydrogen-bond acceptors (Lipinski definition) is 4. The highest BCUT2D eigenvalue weighted by molar-refractivity contribution is 7.92. The Bertz CT molecular complexity index is 861. The van der Waals surface area contributed by atoms with Crippen molar-refractivity contribution in [3.05, 3.63) is 40.7 Å². The minimum absolute atomic E-state index is 0.0886. The molecule has 0 bridgehead atoms. The van der Waals surface area contributed by atoms with Crippen LogP contribution in [0, 0.1) is 6.92 Å². The lowest BCUT2D eigenvalue weighted by Crippen LogP contribution is -2.30. The summed E-state index contributed by atoms with van der Waals surface area (Å²) in [5, 5.41) is 13.3. The van der Waals surface area contributed by atoms with E-state index >= 15 is 0 Å². The van der Waals surface area contributed by atoms with Crippen molar-refractivity contribution in [2.24, 2.45) is 7.05 Å². The molecule has 124 valence electrons. The van der Waals surface area contributed by atoms with E-state index in [4.69, 9.17) is 11.6 Å². The maximum Gasteiger partial charge on any atom is 0.336 e. The van der Waals surface area contributed by atoms with E-state index in [9.17, 15) is 18.3 Å². The zero-order chi connectivity index (χ0) is 17.4. The first-order valence-corrected chi connectivity index (χ1v) is 8.55. The van der Waals surface area contributed by atoms with Crippen LogP contribution in [0.5, 0.6) is 0 Å². The van der Waals surface area contributed by atoms with Crippen LogP contribution in [-0.4, -0.2) is 35.8 Å². The molecule has 2 aromatic rings. The van der Waals surface area contributed by atoms with Gasteiger partial charge in [0, 0.05) is 24.8 Å². The summed E-state index contributed by atoms with van der Waals surface area (Å²) in [5.41, 5.74) is 0.574. The fraction of sp³-hybridized carbons (Fsp3) is 0.286. The zero-order valence-corrected chi connectivity index (χ0v) is 14.4. The third-order valence-electron chi connectivity index (χ3n) is 3.40. The van der Waals surface area contributed by atoms with E-state index in [1.54, 1.807) is 20.2 Å². The smallest absolute Gasteiger partial charge is 0.336 e. The molecule has 0 radical (unpaired) electrons. The number of halogens is 1. The van der Waals surface area contributed by atoms with E-state index in [1.807, 2.05) is 0 Å². The average Bonchev–Trinajstić information content (AvgIpc) is 2.87. The van der Waals surface area contributed by atoms with Gasteiger partial charge >= 0.3 is 5.97 Å². The van der Waals surface area contributed by atoms with E-state index in [1.165, 1.54) is 23.9 Å². The summed E-state index contributed by atoms with van der Waals surface area (Å²) in [4.78, 5) is 11.1. The molecule has 0 saturated heterocycles. The second-order valence-electron chi connectivity index (χ2n) is 4.92. The first-order valence-electron chi connectivity index (χ1n) is 6.73. The summed E-state index contributed by atoms with van der Waals surface area (Å²) in [7, 11) is -2.28. The summed E-state index contributed by atoms with van der Waals surface area (Å²) in [6, 6.07) is 2.38. The molecule has 7 nitrogen and oxygen atoms in total. The molecule has 1 aromatic heterocycles. The van der Waals surface area contributed by atoms with Crippen LogP contribution in [0.4, 0.5) is 5.69 Å². The second kappa shape index (κ2) is 6.21. The third-order valence-corrected chi connectivity index (χ3v) is 5.68. The Morgan fingerprint density at radius 1 is 1.43 bits per heavy atom. The van der Waals surface area contributed by atoms with Crippen LogP contribution in [0.15, 0.2) is 29.4 Å². The number of nitrogens with zero attached hydrogens (tertiary/aromatic N) is 3. The number of aryl methyl sites for hydroxylation is 1. The number of carboxylic acid groups (broad SMARTS) is 1. The monoisotopic (exact) mass is 357 g/mol. The molecule has 0 fully saturated rings. The molecule has 0 saturated carbocycles. The zero-order valence-electron chi connectivity index (χ0n) is 12.8. The quantitative estimate of drug-likeness (QED) is 0.886. The lowest BCUT2D eigenvalue weighted by atomic mass is 10.1. The van der Waals surface area contributed by atoms with Gasteiger partial charge in [-0.2, -0.15) is 5.10 Å². The lowest BCUT2D eigenvalue weighted by Gasteiger charge is -2.21. The molecule has 0 aliphatic carbocycles. The standard InChI is InChI=1S/C14H16ClN3O4S/c1-4-18(10-7-16-17(3)8-10)23(21,22)11-5-12(14(19)20)9(2)13(15)6-11/h5-8H,4H2,1-3H3,(H,19,20). The van der Waals surface area contributed by atoms with E-state index in [0.29, 0.717) is 11.3 Å². The molecule has 0 spiro atoms. The fourth-order valence-corrected chi connectivity index (χ4v) is 3.96. The third kappa shape index (κ3) is 3.18. The van der Waals surface area contributed by atoms with Gasteiger partial charge in [0.1, 0.15) is 0 Å². The van der Waals surface area contributed by atoms with Crippen LogP contribution in [0.1, 0.15) is 22.8 Å². The number of hydrogen-bond donors (Lipinski definition) is 1. The summed E-state index contributed by atoms with van der Waals surface area (Å²) in [6.45, 7) is 3.38. The Morgan fingerprint density at radius 2 is 2.09 bits per heavy atom. The molecule has 0 atom stereocenters. The molecular formula is C14H16ClN3O4S. The SMILES string of the molecule is CCN(c1cnn(C)c1)S(=O)(=O)c1cc(Cl)c(C)c(C(=O)O)c1. The molecule has 0 aliphatic heterocycles. The molecule has 1 heterocycles. The predicted molar refractivity (Wildman–Crippen MR) is 86.6 cm³/mol. The van der Waals surface area contributed by atoms with Crippen molar-refractivity contribution in [3.8, 4) is 0 Å². The molecular weight excluding hydrogens is 342 g/mol. The van der Waals surface area contributed by atoms with Crippen molar-refractivity contribution in [3.63, 3.8) is 0 Å². The van der Waals surface area contributed by atoms with Crippen molar-refractivity contribution in [1.82, 2.24) is 9.78 Å². The summed E-state index contributed by atoms with van der Waals surface area (Å²) in [5.74, 6) is -1.23. The first-order chi connectivity index (χ1) is 10.7. The molecule has 1 N–H and O–H groups in total. The molecule has 0 unspecified atom stereocenters. The minimum Gasteiger partial charge on any atom is -0.478 e. The Hall–Kier alpha value is -2.06. The molecule has 2 rings (SSSR count). The molecule has 1 aromatic carbocycles. The highest BCUT2D eigenvalue weighted by atomic mass is 35.5. The Kier molecular flexibility index (Phi) is 4.67. The number of rotatable bonds is 5. The maximum atomic E-state index is 12.8. The van der Waals surface area contributed by atoms with Crippen molar-refractivity contribution >= 4 is 33.3 Å². The summed E-state index contributed by atoms with van der Waals surface area (Å²) < 4.78 is 28.3. The highest BCUT2D eigenvalue weighted by Gasteiger charge is 2.27. The second-order valence-corrected chi connectivity index (χ2v) is 7.19. The van der Waals surface area contributed by atoms with Gasteiger partial charge in [0.15, 0.2) is 0 Å². The Balaban J connectivity index is 2.61. The molecule has 9 heteroatoms. The summed E-state index contributed by atoms with van der Waals surface area (Å²) >= 11 is 6.00. The molecule has 0 amide bonds. The number of sulfonamides is 1. The van der Waals surface area contributed by atoms with Gasteiger partial charge in [-0.05, 0) is 31.5 Å². The van der Waals surface area contributed by atoms with Crippen LogP contribution in [0.2, 0.25) is 5.02 Å². The van der Waals surface area contributed by atoms with Crippen molar-refractivity contribution in [2.45, 2.75) is 18.7 Å². The van der Waals surface area contributed by atoms with E-state index in [2.05, 4.69) is 5.10 Å². The van der Waals surface area contributed by atoms with Gasteiger partial charge in [-0.1, -0.05) is 11.6 Å². The summed E-state index contributed by atoms with van der Waals surface area (Å²) in [6.07, 6.45) is 2.99. The van der Waals surface area contributed by atoms with Crippen molar-refractivity contribution < 1.29 is 18.3 Å². The van der Waals surface area contributed by atoms with Gasteiger partial charge in [0.05, 0.1) is 22.3 Å². The number of benzene rings is 1. The number of carbonyl (C=O) groups is 1. The average molecular weight is 358 g/mol. The number of carboxylic acids is 1. The molecule has 0 aliphatic rings. The fourth-order valence-electron chi connectivity index (χ4n) is 2.18. The Morgan fingerprint density at radius 3 is 2.57 bits per heavy atom. The van der Waals surface area contributed by atoms with Crippen LogP contribution < -0.4 is 4.31 Å².